The summed E-state index contributed by atoms with van der Waals surface area (Å²) in [7, 11) is 0. The molecular formula is C22H21N5O. The highest BCUT2D eigenvalue weighted by Gasteiger charge is 2.27. The zero-order valence-electron chi connectivity index (χ0n) is 15.7. The average Bonchev–Trinajstić information content (AvgIpc) is 3.19. The van der Waals surface area contributed by atoms with Crippen LogP contribution in [0.25, 0.3) is 22.1 Å². The van der Waals surface area contributed by atoms with Crippen molar-refractivity contribution in [2.75, 3.05) is 13.1 Å². The minimum atomic E-state index is 0.0324. The molecule has 5 rings (SSSR count). The van der Waals surface area contributed by atoms with Crippen LogP contribution in [-0.2, 0) is 0 Å². The Morgan fingerprint density at radius 1 is 1.04 bits per heavy atom. The van der Waals surface area contributed by atoms with E-state index in [4.69, 9.17) is 4.98 Å². The number of para-hydroxylation sites is 2. The van der Waals surface area contributed by atoms with Crippen LogP contribution in [0.3, 0.4) is 0 Å². The Bertz CT molecular complexity index is 1170. The van der Waals surface area contributed by atoms with E-state index >= 15 is 0 Å². The van der Waals surface area contributed by atoms with Gasteiger partial charge in [-0.05, 0) is 43.5 Å². The monoisotopic (exact) mass is 371 g/mol. The van der Waals surface area contributed by atoms with Gasteiger partial charge in [-0.15, -0.1) is 0 Å². The number of aromatic nitrogens is 4. The first-order valence-corrected chi connectivity index (χ1v) is 9.65. The van der Waals surface area contributed by atoms with Gasteiger partial charge in [0.25, 0.3) is 5.91 Å². The van der Waals surface area contributed by atoms with Crippen molar-refractivity contribution >= 4 is 28.0 Å². The molecule has 0 bridgehead atoms. The van der Waals surface area contributed by atoms with E-state index in [2.05, 4.69) is 34.0 Å². The number of benzene rings is 2. The van der Waals surface area contributed by atoms with Crippen molar-refractivity contribution in [3.05, 3.63) is 65.7 Å². The third kappa shape index (κ3) is 2.81. The standard InChI is InChI=1S/C22H21N5O/c1-14-4-2-7-18-19(14)26-21(25-18)15-8-12-27(13-9-15)22(28)16-5-3-6-17-20(16)24-11-10-23-17/h2-7,10-11,15H,8-9,12-13H2,1H3,(H,25,26). The number of aryl methyl sites for hydroxylation is 1. The number of hydrogen-bond acceptors (Lipinski definition) is 4. The summed E-state index contributed by atoms with van der Waals surface area (Å²) >= 11 is 0. The van der Waals surface area contributed by atoms with Crippen molar-refractivity contribution in [1.82, 2.24) is 24.8 Å². The van der Waals surface area contributed by atoms with Gasteiger partial charge in [-0.3, -0.25) is 14.8 Å². The SMILES string of the molecule is Cc1cccc2[nH]c(C3CCN(C(=O)c4cccc5nccnc45)CC3)nc12. The Hall–Kier alpha value is -3.28. The van der Waals surface area contributed by atoms with E-state index in [0.717, 1.165) is 48.3 Å². The van der Waals surface area contributed by atoms with Crippen molar-refractivity contribution in [1.29, 1.82) is 0 Å². The second kappa shape index (κ2) is 6.71. The van der Waals surface area contributed by atoms with E-state index in [1.807, 2.05) is 29.2 Å². The van der Waals surface area contributed by atoms with Crippen LogP contribution >= 0.6 is 0 Å². The molecule has 28 heavy (non-hydrogen) atoms. The number of carbonyl (C=O) groups is 1. The molecule has 1 N–H and O–H groups in total. The van der Waals surface area contributed by atoms with Gasteiger partial charge >= 0.3 is 0 Å². The quantitative estimate of drug-likeness (QED) is 0.581. The van der Waals surface area contributed by atoms with Gasteiger partial charge in [-0.25, -0.2) is 4.98 Å². The fourth-order valence-electron chi connectivity index (χ4n) is 4.08. The van der Waals surface area contributed by atoms with Gasteiger partial charge in [-0.2, -0.15) is 0 Å². The average molecular weight is 371 g/mol. The number of amides is 1. The highest BCUT2D eigenvalue weighted by Crippen LogP contribution is 2.29. The molecule has 0 unspecified atom stereocenters. The summed E-state index contributed by atoms with van der Waals surface area (Å²) in [6, 6.07) is 11.8. The lowest BCUT2D eigenvalue weighted by atomic mass is 9.95. The van der Waals surface area contributed by atoms with Crippen LogP contribution in [0, 0.1) is 6.92 Å². The van der Waals surface area contributed by atoms with Crippen molar-refractivity contribution in [3.8, 4) is 0 Å². The minimum Gasteiger partial charge on any atom is -0.342 e. The van der Waals surface area contributed by atoms with Crippen LogP contribution in [0.2, 0.25) is 0 Å². The highest BCUT2D eigenvalue weighted by molar-refractivity contribution is 6.04. The second-order valence-electron chi connectivity index (χ2n) is 7.39. The minimum absolute atomic E-state index is 0.0324. The number of nitrogens with zero attached hydrogens (tertiary/aromatic N) is 4. The number of rotatable bonds is 2. The number of imidazole rings is 1. The van der Waals surface area contributed by atoms with Crippen LogP contribution in [0.4, 0.5) is 0 Å². The zero-order valence-corrected chi connectivity index (χ0v) is 15.7. The number of piperidine rings is 1. The topological polar surface area (TPSA) is 74.8 Å². The summed E-state index contributed by atoms with van der Waals surface area (Å²) in [5.74, 6) is 1.42. The molecule has 1 fully saturated rings. The number of H-pyrrole nitrogens is 1. The Labute approximate surface area is 162 Å². The van der Waals surface area contributed by atoms with E-state index in [1.54, 1.807) is 12.4 Å². The highest BCUT2D eigenvalue weighted by atomic mass is 16.2. The lowest BCUT2D eigenvalue weighted by Gasteiger charge is -2.31. The summed E-state index contributed by atoms with van der Waals surface area (Å²) < 4.78 is 0. The third-order valence-corrected chi connectivity index (χ3v) is 5.63. The smallest absolute Gasteiger partial charge is 0.256 e. The Balaban J connectivity index is 1.35. The molecule has 4 aromatic rings. The molecule has 0 aliphatic carbocycles. The lowest BCUT2D eigenvalue weighted by molar-refractivity contribution is 0.0713. The summed E-state index contributed by atoms with van der Waals surface area (Å²) in [4.78, 5) is 32.0. The van der Waals surface area contributed by atoms with Gasteiger partial charge in [0.05, 0.1) is 22.1 Å². The van der Waals surface area contributed by atoms with Crippen molar-refractivity contribution < 1.29 is 4.79 Å². The molecule has 0 spiro atoms. The van der Waals surface area contributed by atoms with Gasteiger partial charge in [0, 0.05) is 31.4 Å². The first-order chi connectivity index (χ1) is 13.7. The molecule has 2 aromatic heterocycles. The number of aromatic amines is 1. The van der Waals surface area contributed by atoms with Crippen LogP contribution in [0.5, 0.6) is 0 Å². The number of fused-ring (bicyclic) bond motifs is 2. The molecule has 6 nitrogen and oxygen atoms in total. The van der Waals surface area contributed by atoms with Crippen molar-refractivity contribution in [2.24, 2.45) is 0 Å². The molecule has 6 heteroatoms. The predicted octanol–water partition coefficient (Wildman–Crippen LogP) is 3.83. The maximum atomic E-state index is 13.1. The summed E-state index contributed by atoms with van der Waals surface area (Å²) in [6.07, 6.45) is 5.09. The van der Waals surface area contributed by atoms with Gasteiger partial charge in [0.2, 0.25) is 0 Å². The Morgan fingerprint density at radius 2 is 1.82 bits per heavy atom. The fraction of sp³-hybridized carbons (Fsp3) is 0.273. The molecule has 1 aliphatic heterocycles. The largest absolute Gasteiger partial charge is 0.342 e. The molecule has 0 atom stereocenters. The molecule has 3 heterocycles. The van der Waals surface area contributed by atoms with Gasteiger partial charge < -0.3 is 9.88 Å². The number of likely N-dealkylation sites (tertiary alicyclic amines) is 1. The van der Waals surface area contributed by atoms with Gasteiger partial charge in [-0.1, -0.05) is 18.2 Å². The van der Waals surface area contributed by atoms with E-state index in [9.17, 15) is 4.79 Å². The molecule has 0 radical (unpaired) electrons. The molecular weight excluding hydrogens is 350 g/mol. The molecule has 2 aromatic carbocycles. The molecule has 0 saturated carbocycles. The van der Waals surface area contributed by atoms with Crippen LogP contribution in [0.1, 0.15) is 40.5 Å². The predicted molar refractivity (Wildman–Crippen MR) is 108 cm³/mol. The molecule has 140 valence electrons. The molecule has 1 saturated heterocycles. The van der Waals surface area contributed by atoms with Crippen molar-refractivity contribution in [3.63, 3.8) is 0 Å². The van der Waals surface area contributed by atoms with E-state index in [1.165, 1.54) is 5.56 Å². The first-order valence-electron chi connectivity index (χ1n) is 9.65. The lowest BCUT2D eigenvalue weighted by Crippen LogP contribution is -2.38. The zero-order chi connectivity index (χ0) is 19.1. The second-order valence-corrected chi connectivity index (χ2v) is 7.39. The molecule has 1 amide bonds. The van der Waals surface area contributed by atoms with Gasteiger partial charge in [0.15, 0.2) is 0 Å². The van der Waals surface area contributed by atoms with Gasteiger partial charge in [0.1, 0.15) is 11.3 Å². The normalized spacial score (nSPS) is 15.4. The maximum absolute atomic E-state index is 13.1. The van der Waals surface area contributed by atoms with Crippen LogP contribution in [0.15, 0.2) is 48.8 Å². The Morgan fingerprint density at radius 3 is 2.64 bits per heavy atom. The van der Waals surface area contributed by atoms with E-state index in [-0.39, 0.29) is 5.91 Å². The van der Waals surface area contributed by atoms with E-state index in [0.29, 0.717) is 17.0 Å². The third-order valence-electron chi connectivity index (χ3n) is 5.63. The Kier molecular flexibility index (Phi) is 4.04. The summed E-state index contributed by atoms with van der Waals surface area (Å²) in [6.45, 7) is 3.52. The number of carbonyl (C=O) groups excluding carboxylic acids is 1. The number of hydrogen-bond donors (Lipinski definition) is 1. The fourth-order valence-corrected chi connectivity index (χ4v) is 4.08. The maximum Gasteiger partial charge on any atom is 0.256 e. The van der Waals surface area contributed by atoms with Crippen LogP contribution < -0.4 is 0 Å². The van der Waals surface area contributed by atoms with Crippen LogP contribution in [-0.4, -0.2) is 43.8 Å². The summed E-state index contributed by atoms with van der Waals surface area (Å²) in [5, 5.41) is 0. The first kappa shape index (κ1) is 16.9. The number of nitrogens with one attached hydrogen (secondary N) is 1. The van der Waals surface area contributed by atoms with Crippen molar-refractivity contribution in [2.45, 2.75) is 25.7 Å². The summed E-state index contributed by atoms with van der Waals surface area (Å²) in [5.41, 5.74) is 5.37. The van der Waals surface area contributed by atoms with E-state index < -0.39 is 0 Å². The molecule has 1 aliphatic rings.